The SMILES string of the molecule is CN(Cc1ccc(Cl)s1)C(=O)CSCC1CNC1. The molecule has 1 fully saturated rings. The molecule has 0 atom stereocenters. The summed E-state index contributed by atoms with van der Waals surface area (Å²) in [5, 5.41) is 3.24. The highest BCUT2D eigenvalue weighted by Gasteiger charge is 2.17. The first-order valence-corrected chi connectivity index (χ1v) is 8.26. The van der Waals surface area contributed by atoms with Crippen molar-refractivity contribution in [3.05, 3.63) is 21.3 Å². The second-order valence-corrected chi connectivity index (χ2v) is 7.32. The Morgan fingerprint density at radius 1 is 1.61 bits per heavy atom. The first-order chi connectivity index (χ1) is 8.65. The maximum atomic E-state index is 11.9. The van der Waals surface area contributed by atoms with Crippen LogP contribution < -0.4 is 5.32 Å². The van der Waals surface area contributed by atoms with E-state index < -0.39 is 0 Å². The minimum atomic E-state index is 0.191. The fourth-order valence-corrected chi connectivity index (χ4v) is 3.87. The summed E-state index contributed by atoms with van der Waals surface area (Å²) in [6, 6.07) is 3.85. The third-order valence-electron chi connectivity index (χ3n) is 2.89. The van der Waals surface area contributed by atoms with Gasteiger partial charge in [0.15, 0.2) is 0 Å². The normalized spacial score (nSPS) is 15.4. The zero-order valence-corrected chi connectivity index (χ0v) is 12.7. The molecule has 100 valence electrons. The largest absolute Gasteiger partial charge is 0.340 e. The molecule has 1 aliphatic rings. The third-order valence-corrected chi connectivity index (χ3v) is 5.27. The number of carbonyl (C=O) groups excluding carboxylic acids is 1. The van der Waals surface area contributed by atoms with Crippen LogP contribution in [-0.4, -0.2) is 42.4 Å². The standard InChI is InChI=1S/C12H17ClN2OS2/c1-15(6-10-2-3-11(13)18-10)12(16)8-17-7-9-4-14-5-9/h2-3,9,14H,4-8H2,1H3. The molecule has 18 heavy (non-hydrogen) atoms. The smallest absolute Gasteiger partial charge is 0.232 e. The quantitative estimate of drug-likeness (QED) is 0.875. The Labute approximate surface area is 121 Å². The van der Waals surface area contributed by atoms with E-state index >= 15 is 0 Å². The Morgan fingerprint density at radius 3 is 2.94 bits per heavy atom. The second kappa shape index (κ2) is 6.80. The predicted molar refractivity (Wildman–Crippen MR) is 79.5 cm³/mol. The molecular weight excluding hydrogens is 288 g/mol. The summed E-state index contributed by atoms with van der Waals surface area (Å²) in [5.41, 5.74) is 0. The first kappa shape index (κ1) is 14.2. The summed E-state index contributed by atoms with van der Waals surface area (Å²) in [7, 11) is 1.85. The van der Waals surface area contributed by atoms with E-state index in [0.717, 1.165) is 34.0 Å². The molecule has 1 aromatic heterocycles. The van der Waals surface area contributed by atoms with Crippen molar-refractivity contribution in [2.75, 3.05) is 31.6 Å². The number of thioether (sulfide) groups is 1. The maximum Gasteiger partial charge on any atom is 0.232 e. The number of thiophene rings is 1. The number of amides is 1. The van der Waals surface area contributed by atoms with Gasteiger partial charge >= 0.3 is 0 Å². The van der Waals surface area contributed by atoms with E-state index in [9.17, 15) is 4.79 Å². The van der Waals surface area contributed by atoms with Gasteiger partial charge in [-0.25, -0.2) is 0 Å². The average molecular weight is 305 g/mol. The Bertz CT molecular complexity index is 407. The lowest BCUT2D eigenvalue weighted by Gasteiger charge is -2.26. The van der Waals surface area contributed by atoms with Crippen LogP contribution in [0.4, 0.5) is 0 Å². The fraction of sp³-hybridized carbons (Fsp3) is 0.583. The molecule has 2 heterocycles. The molecule has 0 unspecified atom stereocenters. The molecule has 1 N–H and O–H groups in total. The minimum absolute atomic E-state index is 0.191. The van der Waals surface area contributed by atoms with Crippen molar-refractivity contribution >= 4 is 40.6 Å². The maximum absolute atomic E-state index is 11.9. The van der Waals surface area contributed by atoms with Crippen LogP contribution in [0.1, 0.15) is 4.88 Å². The van der Waals surface area contributed by atoms with Crippen LogP contribution >= 0.6 is 34.7 Å². The van der Waals surface area contributed by atoms with Crippen molar-refractivity contribution in [3.8, 4) is 0 Å². The van der Waals surface area contributed by atoms with Gasteiger partial charge in [-0.15, -0.1) is 11.3 Å². The molecule has 1 amide bonds. The van der Waals surface area contributed by atoms with Crippen molar-refractivity contribution in [2.45, 2.75) is 6.54 Å². The molecule has 0 aromatic carbocycles. The Kier molecular flexibility index (Phi) is 5.36. The van der Waals surface area contributed by atoms with Gasteiger partial charge in [-0.3, -0.25) is 4.79 Å². The number of rotatable bonds is 6. The lowest BCUT2D eigenvalue weighted by Crippen LogP contribution is -2.43. The van der Waals surface area contributed by atoms with Crippen molar-refractivity contribution in [3.63, 3.8) is 0 Å². The summed E-state index contributed by atoms with van der Waals surface area (Å²) in [6.45, 7) is 2.86. The molecule has 0 saturated carbocycles. The molecule has 0 aliphatic carbocycles. The van der Waals surface area contributed by atoms with E-state index in [1.54, 1.807) is 16.7 Å². The molecule has 1 saturated heterocycles. The first-order valence-electron chi connectivity index (χ1n) is 5.92. The molecule has 0 bridgehead atoms. The summed E-state index contributed by atoms with van der Waals surface area (Å²) in [4.78, 5) is 14.8. The number of hydrogen-bond acceptors (Lipinski definition) is 4. The van der Waals surface area contributed by atoms with Crippen LogP contribution in [-0.2, 0) is 11.3 Å². The minimum Gasteiger partial charge on any atom is -0.340 e. The van der Waals surface area contributed by atoms with Gasteiger partial charge in [0.25, 0.3) is 0 Å². The van der Waals surface area contributed by atoms with Crippen molar-refractivity contribution in [2.24, 2.45) is 5.92 Å². The Balaban J connectivity index is 1.67. The number of hydrogen-bond donors (Lipinski definition) is 1. The van der Waals surface area contributed by atoms with Crippen molar-refractivity contribution in [1.82, 2.24) is 10.2 Å². The highest BCUT2D eigenvalue weighted by Crippen LogP contribution is 2.22. The average Bonchev–Trinajstić information content (AvgIpc) is 2.67. The monoisotopic (exact) mass is 304 g/mol. The summed E-state index contributed by atoms with van der Waals surface area (Å²) in [6.07, 6.45) is 0. The fourth-order valence-electron chi connectivity index (χ4n) is 1.65. The van der Waals surface area contributed by atoms with E-state index in [1.807, 2.05) is 19.2 Å². The predicted octanol–water partition coefficient (Wildman–Crippen LogP) is 2.31. The molecule has 0 spiro atoms. The molecule has 2 rings (SSSR count). The molecule has 1 aliphatic heterocycles. The van der Waals surface area contributed by atoms with Gasteiger partial charge in [0, 0.05) is 11.9 Å². The van der Waals surface area contributed by atoms with Gasteiger partial charge in [-0.2, -0.15) is 11.8 Å². The van der Waals surface area contributed by atoms with Crippen LogP contribution in [0, 0.1) is 5.92 Å². The second-order valence-electron chi connectivity index (χ2n) is 4.50. The number of nitrogens with one attached hydrogen (secondary N) is 1. The van der Waals surface area contributed by atoms with Crippen LogP contribution in [0.15, 0.2) is 12.1 Å². The summed E-state index contributed by atoms with van der Waals surface area (Å²) in [5.74, 6) is 2.60. The number of nitrogens with zero attached hydrogens (tertiary/aromatic N) is 1. The van der Waals surface area contributed by atoms with Gasteiger partial charge in [0.1, 0.15) is 0 Å². The molecule has 1 aromatic rings. The van der Waals surface area contributed by atoms with Crippen LogP contribution in [0.3, 0.4) is 0 Å². The Morgan fingerprint density at radius 2 is 2.39 bits per heavy atom. The van der Waals surface area contributed by atoms with Crippen LogP contribution in [0.5, 0.6) is 0 Å². The van der Waals surface area contributed by atoms with E-state index in [-0.39, 0.29) is 5.91 Å². The third kappa shape index (κ3) is 4.16. The number of carbonyl (C=O) groups is 1. The van der Waals surface area contributed by atoms with Gasteiger partial charge in [-0.1, -0.05) is 11.6 Å². The van der Waals surface area contributed by atoms with Crippen LogP contribution in [0.2, 0.25) is 4.34 Å². The zero-order valence-electron chi connectivity index (χ0n) is 10.3. The topological polar surface area (TPSA) is 32.3 Å². The zero-order chi connectivity index (χ0) is 13.0. The van der Waals surface area contributed by atoms with E-state index in [1.165, 1.54) is 11.3 Å². The van der Waals surface area contributed by atoms with Gasteiger partial charge < -0.3 is 10.2 Å². The lowest BCUT2D eigenvalue weighted by molar-refractivity contribution is -0.127. The van der Waals surface area contributed by atoms with Crippen molar-refractivity contribution < 1.29 is 4.79 Å². The van der Waals surface area contributed by atoms with Crippen LogP contribution in [0.25, 0.3) is 0 Å². The van der Waals surface area contributed by atoms with Crippen molar-refractivity contribution in [1.29, 1.82) is 0 Å². The Hall–Kier alpha value is -0.230. The van der Waals surface area contributed by atoms with E-state index in [0.29, 0.717) is 12.3 Å². The van der Waals surface area contributed by atoms with E-state index in [4.69, 9.17) is 11.6 Å². The summed E-state index contributed by atoms with van der Waals surface area (Å²) < 4.78 is 0.776. The van der Waals surface area contributed by atoms with E-state index in [2.05, 4.69) is 5.32 Å². The molecule has 0 radical (unpaired) electrons. The highest BCUT2D eigenvalue weighted by atomic mass is 35.5. The molecule has 6 heteroatoms. The molecular formula is C12H17ClN2OS2. The van der Waals surface area contributed by atoms with Gasteiger partial charge in [0.2, 0.25) is 5.91 Å². The lowest BCUT2D eigenvalue weighted by atomic mass is 10.1. The highest BCUT2D eigenvalue weighted by molar-refractivity contribution is 7.99. The van der Waals surface area contributed by atoms with Gasteiger partial charge in [-0.05, 0) is 36.9 Å². The molecule has 3 nitrogen and oxygen atoms in total. The van der Waals surface area contributed by atoms with Gasteiger partial charge in [0.05, 0.1) is 16.6 Å². The number of halogens is 1. The summed E-state index contributed by atoms with van der Waals surface area (Å²) >= 11 is 9.14.